The normalized spacial score (nSPS) is 6.60. The Labute approximate surface area is 45.2 Å². The summed E-state index contributed by atoms with van der Waals surface area (Å²) in [5.41, 5.74) is 0. The van der Waals surface area contributed by atoms with Crippen molar-refractivity contribution in [3.8, 4) is 0 Å². The van der Waals surface area contributed by atoms with Gasteiger partial charge in [0.25, 0.3) is 0 Å². The van der Waals surface area contributed by atoms with Gasteiger partial charge in [0.1, 0.15) is 0 Å². The second-order valence-electron chi connectivity index (χ2n) is 0.212. The number of hydrogen-bond acceptors (Lipinski definition) is 4. The molecule has 5 heteroatoms. The number of nitrogens with zero attached hydrogens (tertiary/aromatic N) is 1. The van der Waals surface area contributed by atoms with E-state index in [-0.39, 0.29) is 0 Å². The van der Waals surface area contributed by atoms with Gasteiger partial charge in [-0.15, -0.1) is 4.91 Å². The standard InChI is InChI=1S/INO2S/c1-5-4-2-3. The van der Waals surface area contributed by atoms with Crippen molar-refractivity contribution >= 4 is 30.4 Å². The average molecular weight is 205 g/mol. The van der Waals surface area contributed by atoms with Crippen molar-refractivity contribution in [1.82, 2.24) is 0 Å². The van der Waals surface area contributed by atoms with Crippen LogP contribution >= 0.6 is 30.4 Å². The van der Waals surface area contributed by atoms with Gasteiger partial charge < -0.3 is 0 Å². The lowest BCUT2D eigenvalue weighted by molar-refractivity contribution is 0.405. The fourth-order valence-corrected chi connectivity index (χ4v) is 0.231. The van der Waals surface area contributed by atoms with E-state index in [4.69, 9.17) is 4.91 Å². The van der Waals surface area contributed by atoms with Crippen molar-refractivity contribution in [3.63, 3.8) is 0 Å². The summed E-state index contributed by atoms with van der Waals surface area (Å²) < 4.78 is 3.81. The van der Waals surface area contributed by atoms with Crippen molar-refractivity contribution < 1.29 is 4.28 Å². The third kappa shape index (κ3) is 4.48. The zero-order valence-electron chi connectivity index (χ0n) is 2.05. The first-order chi connectivity index (χ1) is 2.41. The highest BCUT2D eigenvalue weighted by Gasteiger charge is 1.67. The molecule has 0 atom stereocenters. The second-order valence-corrected chi connectivity index (χ2v) is 1.57. The van der Waals surface area contributed by atoms with Crippen LogP contribution in [-0.4, -0.2) is 0 Å². The van der Waals surface area contributed by atoms with Gasteiger partial charge in [0, 0.05) is 21.2 Å². The molecule has 0 N–H and O–H groups in total. The molecular weight excluding hydrogens is 205 g/mol. The van der Waals surface area contributed by atoms with E-state index in [1.165, 1.54) is 0 Å². The summed E-state index contributed by atoms with van der Waals surface area (Å²) in [6.45, 7) is 0. The molecular formula is INO2S. The molecule has 0 saturated heterocycles. The van der Waals surface area contributed by atoms with Crippen molar-refractivity contribution in [2.45, 2.75) is 0 Å². The Morgan fingerprint density at radius 1 is 2.00 bits per heavy atom. The number of hydrogen-bond donors (Lipinski definition) is 0. The monoisotopic (exact) mass is 205 g/mol. The predicted molar refractivity (Wildman–Crippen MR) is 28.5 cm³/mol. The molecule has 0 fully saturated rings. The van der Waals surface area contributed by atoms with E-state index >= 15 is 0 Å². The average Bonchev–Trinajstić information content (AvgIpc) is 1.41. The minimum absolute atomic E-state index is 0.892. The highest BCUT2D eigenvalue weighted by molar-refractivity contribution is 14.2. The van der Waals surface area contributed by atoms with Crippen molar-refractivity contribution in [2.24, 2.45) is 5.34 Å². The van der Waals surface area contributed by atoms with E-state index in [9.17, 15) is 0 Å². The Morgan fingerprint density at radius 2 is 2.60 bits per heavy atom. The molecule has 3 nitrogen and oxygen atoms in total. The van der Waals surface area contributed by atoms with Crippen LogP contribution < -0.4 is 0 Å². The van der Waals surface area contributed by atoms with Gasteiger partial charge in [0.05, 0.1) is 0 Å². The lowest BCUT2D eigenvalue weighted by Crippen LogP contribution is -1.44. The third-order valence-corrected chi connectivity index (χ3v) is 0.658. The molecule has 0 radical (unpaired) electrons. The molecule has 0 amide bonds. The third-order valence-electron chi connectivity index (χ3n) is 0.0586. The Bertz CT molecular complexity index is 30.8. The smallest absolute Gasteiger partial charge is 0.169 e. The molecule has 0 aliphatic heterocycles. The van der Waals surface area contributed by atoms with Crippen molar-refractivity contribution in [3.05, 3.63) is 4.91 Å². The van der Waals surface area contributed by atoms with Crippen LogP contribution in [0.2, 0.25) is 0 Å². The molecule has 0 bridgehead atoms. The lowest BCUT2D eigenvalue weighted by Gasteiger charge is -1.70. The van der Waals surface area contributed by atoms with Gasteiger partial charge in [-0.1, -0.05) is 0 Å². The Balaban J connectivity index is 2.40. The summed E-state index contributed by atoms with van der Waals surface area (Å²) in [5, 5.41) is 2.06. The summed E-state index contributed by atoms with van der Waals surface area (Å²) in [6, 6.07) is 0. The van der Waals surface area contributed by atoms with Crippen LogP contribution in [0, 0.1) is 4.91 Å². The molecule has 0 rings (SSSR count). The minimum atomic E-state index is 0.892. The molecule has 5 heavy (non-hydrogen) atoms. The molecule has 0 unspecified atom stereocenters. The highest BCUT2D eigenvalue weighted by Crippen LogP contribution is 2.11. The summed E-state index contributed by atoms with van der Waals surface area (Å²) in [7, 11) is 0.892. The van der Waals surface area contributed by atoms with Crippen LogP contribution in [0.5, 0.6) is 0 Å². The summed E-state index contributed by atoms with van der Waals surface area (Å²) >= 11 is 1.79. The van der Waals surface area contributed by atoms with Gasteiger partial charge in [-0.2, -0.15) is 0 Å². The van der Waals surface area contributed by atoms with E-state index in [0.29, 0.717) is 0 Å². The molecule has 0 aromatic rings. The first kappa shape index (κ1) is 5.48. The second kappa shape index (κ2) is 4.48. The molecule has 0 aliphatic rings. The Kier molecular flexibility index (Phi) is 4.91. The van der Waals surface area contributed by atoms with Crippen LogP contribution in [0.1, 0.15) is 0 Å². The Hall–Kier alpha value is 0.480. The van der Waals surface area contributed by atoms with Gasteiger partial charge in [-0.25, -0.2) is 0 Å². The molecule has 30 valence electrons. The van der Waals surface area contributed by atoms with Gasteiger partial charge >= 0.3 is 0 Å². The van der Waals surface area contributed by atoms with Crippen LogP contribution in [0.15, 0.2) is 5.34 Å². The zero-order valence-corrected chi connectivity index (χ0v) is 5.02. The van der Waals surface area contributed by atoms with Crippen molar-refractivity contribution in [1.29, 1.82) is 0 Å². The Morgan fingerprint density at radius 3 is 2.60 bits per heavy atom. The van der Waals surface area contributed by atoms with Gasteiger partial charge in [0.15, 0.2) is 14.6 Å². The quantitative estimate of drug-likeness (QED) is 0.298. The van der Waals surface area contributed by atoms with Crippen LogP contribution in [-0.2, 0) is 4.28 Å². The fraction of sp³-hybridized carbons (Fsp3) is 0. The summed E-state index contributed by atoms with van der Waals surface area (Å²) in [5.74, 6) is 0. The SMILES string of the molecule is O=NOSI. The van der Waals surface area contributed by atoms with E-state index < -0.39 is 0 Å². The lowest BCUT2D eigenvalue weighted by atomic mass is 13.4. The summed E-state index contributed by atoms with van der Waals surface area (Å²) in [6.07, 6.45) is 0. The van der Waals surface area contributed by atoms with Crippen LogP contribution in [0.4, 0.5) is 0 Å². The first-order valence-electron chi connectivity index (χ1n) is 0.686. The maximum atomic E-state index is 8.91. The summed E-state index contributed by atoms with van der Waals surface area (Å²) in [4.78, 5) is 8.91. The maximum absolute atomic E-state index is 8.91. The topological polar surface area (TPSA) is 38.7 Å². The largest absolute Gasteiger partial charge is 0.276 e. The minimum Gasteiger partial charge on any atom is -0.276 e. The van der Waals surface area contributed by atoms with Crippen LogP contribution in [0.3, 0.4) is 0 Å². The molecule has 0 saturated carbocycles. The maximum Gasteiger partial charge on any atom is 0.169 e. The van der Waals surface area contributed by atoms with Crippen molar-refractivity contribution in [2.75, 3.05) is 0 Å². The van der Waals surface area contributed by atoms with E-state index in [2.05, 4.69) is 9.62 Å². The number of halogens is 1. The fourth-order valence-electron chi connectivity index (χ4n) is 0.0115. The molecule has 0 aromatic heterocycles. The van der Waals surface area contributed by atoms with Crippen LogP contribution in [0.25, 0.3) is 0 Å². The highest BCUT2D eigenvalue weighted by atomic mass is 127. The van der Waals surface area contributed by atoms with Gasteiger partial charge in [-0.3, -0.25) is 4.28 Å². The first-order valence-corrected chi connectivity index (χ1v) is 3.97. The molecule has 0 aliphatic carbocycles. The predicted octanol–water partition coefficient (Wildman–Crippen LogP) is 1.68. The van der Waals surface area contributed by atoms with E-state index in [1.54, 1.807) is 21.2 Å². The molecule has 0 aromatic carbocycles. The van der Waals surface area contributed by atoms with Gasteiger partial charge in [-0.05, 0) is 0 Å². The molecule has 0 spiro atoms. The van der Waals surface area contributed by atoms with Gasteiger partial charge in [0.2, 0.25) is 0 Å². The van der Waals surface area contributed by atoms with E-state index in [0.717, 1.165) is 9.21 Å². The molecule has 0 heterocycles. The van der Waals surface area contributed by atoms with E-state index in [1.807, 2.05) is 0 Å². The zero-order chi connectivity index (χ0) is 4.12. The number of rotatable bonds is 2.